The van der Waals surface area contributed by atoms with Crippen LogP contribution >= 0.6 is 11.6 Å². The molecule has 3 aromatic carbocycles. The minimum atomic E-state index is -5.11. The lowest BCUT2D eigenvalue weighted by atomic mass is 9.83. The van der Waals surface area contributed by atoms with Crippen molar-refractivity contribution in [3.05, 3.63) is 86.6 Å². The highest BCUT2D eigenvalue weighted by molar-refractivity contribution is 6.31. The predicted molar refractivity (Wildman–Crippen MR) is 140 cm³/mol. The lowest BCUT2D eigenvalue weighted by Crippen LogP contribution is -2.43. The zero-order valence-corrected chi connectivity index (χ0v) is 22.1. The predicted octanol–water partition coefficient (Wildman–Crippen LogP) is 4.88. The molecule has 4 N–H and O–H groups in total. The van der Waals surface area contributed by atoms with Gasteiger partial charge in [0.05, 0.1) is 22.7 Å². The monoisotopic (exact) mass is 589 g/mol. The summed E-state index contributed by atoms with van der Waals surface area (Å²) in [4.78, 5) is 26.0. The first kappa shape index (κ1) is 27.2. The third kappa shape index (κ3) is 4.41. The van der Waals surface area contributed by atoms with Gasteiger partial charge in [-0.3, -0.25) is 14.3 Å². The molecule has 1 atom stereocenters. The smallest absolute Gasteiger partial charge is 0.366 e. The Balaban J connectivity index is 1.76. The first-order valence-electron chi connectivity index (χ1n) is 12.5. The molecule has 1 fully saturated rings. The molecule has 2 aliphatic rings. The Bertz CT molecular complexity index is 1780. The van der Waals surface area contributed by atoms with Crippen molar-refractivity contribution >= 4 is 34.3 Å². The van der Waals surface area contributed by atoms with Crippen molar-refractivity contribution in [3.8, 4) is 11.1 Å². The summed E-state index contributed by atoms with van der Waals surface area (Å²) in [6.45, 7) is 1.46. The highest BCUT2D eigenvalue weighted by Crippen LogP contribution is 2.48. The summed E-state index contributed by atoms with van der Waals surface area (Å²) in [5, 5.41) is 10.8. The summed E-state index contributed by atoms with van der Waals surface area (Å²) in [7, 11) is 1.66. The van der Waals surface area contributed by atoms with E-state index in [0.29, 0.717) is 23.6 Å². The van der Waals surface area contributed by atoms with Crippen LogP contribution in [0.25, 0.3) is 22.0 Å². The van der Waals surface area contributed by atoms with Gasteiger partial charge in [0.15, 0.2) is 0 Å². The van der Waals surface area contributed by atoms with Crippen molar-refractivity contribution in [1.82, 2.24) is 20.4 Å². The molecule has 212 valence electrons. The van der Waals surface area contributed by atoms with Crippen molar-refractivity contribution in [1.29, 1.82) is 0 Å². The van der Waals surface area contributed by atoms with Gasteiger partial charge in [0.1, 0.15) is 17.2 Å². The molecular formula is C28H21ClF5N5O2. The molecule has 1 saturated heterocycles. The number of alkyl halides is 3. The third-order valence-corrected chi connectivity index (χ3v) is 7.99. The molecule has 13 heteroatoms. The number of benzene rings is 3. The van der Waals surface area contributed by atoms with Gasteiger partial charge in [-0.05, 0) is 67.4 Å². The Morgan fingerprint density at radius 1 is 1.12 bits per heavy atom. The van der Waals surface area contributed by atoms with E-state index in [1.807, 2.05) is 0 Å². The molecule has 1 unspecified atom stereocenters. The maximum Gasteiger partial charge on any atom is 0.417 e. The molecule has 0 spiro atoms. The first-order valence-corrected chi connectivity index (χ1v) is 12.9. The average Bonchev–Trinajstić information content (AvgIpc) is 3.37. The number of carbonyl (C=O) groups is 2. The molecule has 0 aliphatic carbocycles. The van der Waals surface area contributed by atoms with E-state index < -0.39 is 52.4 Å². The molecule has 0 radical (unpaired) electrons. The van der Waals surface area contributed by atoms with E-state index in [2.05, 4.69) is 15.7 Å². The highest BCUT2D eigenvalue weighted by Gasteiger charge is 2.42. The SMILES string of the molecule is Cn1nc2c3c(c(-c4c(C(N)=O)cc(F)cc4C(F)(F)F)cc2c1CC1CNC1)C(c1cc(F)ccc1Cl)NC3=O. The maximum absolute atomic E-state index is 14.5. The van der Waals surface area contributed by atoms with Gasteiger partial charge in [0.2, 0.25) is 5.91 Å². The lowest BCUT2D eigenvalue weighted by molar-refractivity contribution is -0.137. The van der Waals surface area contributed by atoms with E-state index >= 15 is 0 Å². The number of hydrogen-bond donors (Lipinski definition) is 3. The van der Waals surface area contributed by atoms with Crippen molar-refractivity contribution in [3.63, 3.8) is 0 Å². The summed E-state index contributed by atoms with van der Waals surface area (Å²) in [5.74, 6) is -3.76. The third-order valence-electron chi connectivity index (χ3n) is 7.64. The molecule has 3 heterocycles. The molecule has 2 amide bonds. The summed E-state index contributed by atoms with van der Waals surface area (Å²) in [6.07, 6.45) is -4.60. The Morgan fingerprint density at radius 2 is 1.85 bits per heavy atom. The van der Waals surface area contributed by atoms with Crippen molar-refractivity contribution in [2.75, 3.05) is 13.1 Å². The summed E-state index contributed by atoms with van der Waals surface area (Å²) in [5.41, 5.74) is 3.31. The van der Waals surface area contributed by atoms with Crippen LogP contribution in [0.5, 0.6) is 0 Å². The fraction of sp³-hybridized carbons (Fsp3) is 0.250. The van der Waals surface area contributed by atoms with Crippen LogP contribution in [-0.4, -0.2) is 34.7 Å². The normalized spacial score (nSPS) is 17.0. The highest BCUT2D eigenvalue weighted by atomic mass is 35.5. The van der Waals surface area contributed by atoms with Gasteiger partial charge >= 0.3 is 6.18 Å². The number of nitrogens with zero attached hydrogens (tertiary/aromatic N) is 2. The lowest BCUT2D eigenvalue weighted by Gasteiger charge is -2.27. The number of amides is 2. The average molecular weight is 590 g/mol. The van der Waals surface area contributed by atoms with Crippen LogP contribution in [0.3, 0.4) is 0 Å². The Labute approximate surface area is 234 Å². The van der Waals surface area contributed by atoms with E-state index in [1.54, 1.807) is 11.7 Å². The summed E-state index contributed by atoms with van der Waals surface area (Å²) in [6, 6.07) is 4.52. The van der Waals surface area contributed by atoms with Crippen LogP contribution in [0.4, 0.5) is 22.0 Å². The zero-order chi connectivity index (χ0) is 29.4. The van der Waals surface area contributed by atoms with Gasteiger partial charge in [-0.15, -0.1) is 0 Å². The van der Waals surface area contributed by atoms with Gasteiger partial charge < -0.3 is 16.4 Å². The van der Waals surface area contributed by atoms with Gasteiger partial charge in [0.25, 0.3) is 5.91 Å². The molecule has 0 bridgehead atoms. The fourth-order valence-corrected chi connectivity index (χ4v) is 5.93. The van der Waals surface area contributed by atoms with E-state index in [4.69, 9.17) is 17.3 Å². The number of aryl methyl sites for hydroxylation is 1. The first-order chi connectivity index (χ1) is 19.3. The van der Waals surface area contributed by atoms with Gasteiger partial charge in [-0.2, -0.15) is 18.3 Å². The van der Waals surface area contributed by atoms with Crippen molar-refractivity contribution < 1.29 is 31.5 Å². The quantitative estimate of drug-likeness (QED) is 0.289. The largest absolute Gasteiger partial charge is 0.417 e. The van der Waals surface area contributed by atoms with Crippen LogP contribution < -0.4 is 16.4 Å². The van der Waals surface area contributed by atoms with Crippen LogP contribution in [0.2, 0.25) is 5.02 Å². The fourth-order valence-electron chi connectivity index (χ4n) is 5.70. The molecule has 0 saturated carbocycles. The molecular weight excluding hydrogens is 569 g/mol. The van der Waals surface area contributed by atoms with Crippen LogP contribution in [0.1, 0.15) is 49.1 Å². The number of carbonyl (C=O) groups excluding carboxylic acids is 2. The summed E-state index contributed by atoms with van der Waals surface area (Å²) < 4.78 is 73.7. The number of nitrogens with two attached hydrogens (primary N) is 1. The van der Waals surface area contributed by atoms with E-state index in [9.17, 15) is 31.5 Å². The van der Waals surface area contributed by atoms with Crippen molar-refractivity contribution in [2.24, 2.45) is 18.7 Å². The molecule has 41 heavy (non-hydrogen) atoms. The minimum Gasteiger partial charge on any atom is -0.366 e. The van der Waals surface area contributed by atoms with Crippen LogP contribution in [0.15, 0.2) is 36.4 Å². The van der Waals surface area contributed by atoms with Gasteiger partial charge in [-0.1, -0.05) is 11.6 Å². The Hall–Kier alpha value is -4.03. The minimum absolute atomic E-state index is 0.00966. The van der Waals surface area contributed by atoms with Gasteiger partial charge in [0, 0.05) is 39.8 Å². The zero-order valence-electron chi connectivity index (χ0n) is 21.3. The second kappa shape index (κ2) is 9.52. The Kier molecular flexibility index (Phi) is 6.31. The molecule has 6 rings (SSSR count). The van der Waals surface area contributed by atoms with Crippen molar-refractivity contribution in [2.45, 2.75) is 18.6 Å². The standard InChI is InChI=1S/C28H21ClF5N5O2/c1-39-20(4-11-9-36-10-11)15-8-16(21-17(26(35)40)6-13(31)7-18(21)28(32,33)34)22-23(25(15)38-39)27(41)37-24(22)14-5-12(30)2-3-19(14)29/h2-3,5-8,11,24,36H,4,9-10H2,1H3,(H2,35,40)(H,37,41). The number of hydrogen-bond acceptors (Lipinski definition) is 4. The number of nitrogens with one attached hydrogen (secondary N) is 2. The second-order valence-electron chi connectivity index (χ2n) is 10.2. The molecule has 1 aromatic heterocycles. The number of primary amides is 1. The number of halogens is 6. The van der Waals surface area contributed by atoms with Gasteiger partial charge in [-0.25, -0.2) is 8.78 Å². The molecule has 7 nitrogen and oxygen atoms in total. The summed E-state index contributed by atoms with van der Waals surface area (Å²) >= 11 is 6.38. The second-order valence-corrected chi connectivity index (χ2v) is 10.6. The molecule has 4 aromatic rings. The Morgan fingerprint density at radius 3 is 2.49 bits per heavy atom. The number of rotatable bonds is 5. The molecule has 2 aliphatic heterocycles. The van der Waals surface area contributed by atoms with Crippen LogP contribution in [-0.2, 0) is 19.6 Å². The number of aromatic nitrogens is 2. The van der Waals surface area contributed by atoms with Crippen LogP contribution in [0, 0.1) is 17.6 Å². The number of fused-ring (bicyclic) bond motifs is 3. The maximum atomic E-state index is 14.5. The van der Waals surface area contributed by atoms with E-state index in [1.165, 1.54) is 12.1 Å². The van der Waals surface area contributed by atoms with E-state index in [0.717, 1.165) is 25.2 Å². The topological polar surface area (TPSA) is 102 Å². The van der Waals surface area contributed by atoms with E-state index in [-0.39, 0.29) is 44.8 Å².